The Morgan fingerprint density at radius 2 is 2.14 bits per heavy atom. The first kappa shape index (κ1) is 14.9. The van der Waals surface area contributed by atoms with Gasteiger partial charge in [-0.15, -0.1) is 0 Å². The summed E-state index contributed by atoms with van der Waals surface area (Å²) in [7, 11) is 0. The third-order valence-electron chi connectivity index (χ3n) is 3.84. The number of rotatable bonds is 3. The number of amides is 1. The lowest BCUT2D eigenvalue weighted by molar-refractivity contribution is -0.117. The van der Waals surface area contributed by atoms with Crippen LogP contribution in [-0.2, 0) is 11.2 Å². The Hall–Kier alpha value is -2.07. The van der Waals surface area contributed by atoms with Crippen LogP contribution in [0.2, 0.25) is 5.02 Å². The van der Waals surface area contributed by atoms with Crippen molar-refractivity contribution >= 4 is 28.9 Å². The molecule has 0 spiro atoms. The van der Waals surface area contributed by atoms with E-state index in [1.54, 1.807) is 6.07 Å². The van der Waals surface area contributed by atoms with Crippen LogP contribution in [0.1, 0.15) is 12.5 Å². The predicted molar refractivity (Wildman–Crippen MR) is 87.0 cm³/mol. The molecule has 1 aliphatic heterocycles. The molecule has 2 aromatic rings. The molecule has 3 rings (SSSR count). The third-order valence-corrected chi connectivity index (χ3v) is 4.13. The van der Waals surface area contributed by atoms with Gasteiger partial charge in [0.2, 0.25) is 5.91 Å². The average Bonchev–Trinajstić information content (AvgIpc) is 2.84. The molecule has 0 saturated heterocycles. The monoisotopic (exact) mass is 318 g/mol. The number of hydrogen-bond acceptors (Lipinski definition) is 2. The van der Waals surface area contributed by atoms with Gasteiger partial charge in [0.05, 0.1) is 11.6 Å². The molecule has 114 valence electrons. The Bertz CT molecular complexity index is 720. The van der Waals surface area contributed by atoms with Crippen LogP contribution in [0.15, 0.2) is 42.5 Å². The Labute approximate surface area is 133 Å². The normalized spacial score (nSPS) is 16.5. The molecule has 1 amide bonds. The SMILES string of the molecule is C[C@H]1Cc2ccccc2N1C(=O)CNc1ccc(F)c(Cl)c1. The quantitative estimate of drug-likeness (QED) is 0.931. The van der Waals surface area contributed by atoms with E-state index in [1.165, 1.54) is 17.7 Å². The van der Waals surface area contributed by atoms with Gasteiger partial charge in [0, 0.05) is 17.4 Å². The van der Waals surface area contributed by atoms with Gasteiger partial charge in [-0.2, -0.15) is 0 Å². The second-order valence-corrected chi connectivity index (χ2v) is 5.84. The van der Waals surface area contributed by atoms with Crippen molar-refractivity contribution in [1.82, 2.24) is 0 Å². The van der Waals surface area contributed by atoms with Crippen molar-refractivity contribution in [2.24, 2.45) is 0 Å². The Kier molecular flexibility index (Phi) is 4.03. The van der Waals surface area contributed by atoms with E-state index in [9.17, 15) is 9.18 Å². The molecular weight excluding hydrogens is 303 g/mol. The standard InChI is InChI=1S/C17H16ClFN2O/c1-11-8-12-4-2-3-5-16(12)21(11)17(22)10-20-13-6-7-15(19)14(18)9-13/h2-7,9,11,20H,8,10H2,1H3/t11-/m0/s1. The summed E-state index contributed by atoms with van der Waals surface area (Å²) in [5.74, 6) is -0.487. The maximum atomic E-state index is 13.1. The zero-order chi connectivity index (χ0) is 15.7. The van der Waals surface area contributed by atoms with E-state index >= 15 is 0 Å². The Morgan fingerprint density at radius 3 is 2.91 bits per heavy atom. The lowest BCUT2D eigenvalue weighted by atomic mass is 10.1. The number of anilines is 2. The van der Waals surface area contributed by atoms with Gasteiger partial charge >= 0.3 is 0 Å². The van der Waals surface area contributed by atoms with Crippen LogP contribution in [0, 0.1) is 5.82 Å². The van der Waals surface area contributed by atoms with E-state index in [1.807, 2.05) is 36.1 Å². The maximum Gasteiger partial charge on any atom is 0.246 e. The molecule has 2 aromatic carbocycles. The molecule has 0 bridgehead atoms. The summed E-state index contributed by atoms with van der Waals surface area (Å²) in [6, 6.07) is 12.4. The molecule has 1 aliphatic rings. The third kappa shape index (κ3) is 2.79. The van der Waals surface area contributed by atoms with Gasteiger partial charge in [-0.1, -0.05) is 29.8 Å². The van der Waals surface area contributed by atoms with Crippen molar-refractivity contribution in [3.63, 3.8) is 0 Å². The fraction of sp³-hybridized carbons (Fsp3) is 0.235. The van der Waals surface area contributed by atoms with E-state index in [0.29, 0.717) is 5.69 Å². The summed E-state index contributed by atoms with van der Waals surface area (Å²) >= 11 is 5.74. The number of benzene rings is 2. The molecule has 22 heavy (non-hydrogen) atoms. The van der Waals surface area contributed by atoms with Gasteiger partial charge < -0.3 is 10.2 Å². The number of nitrogens with zero attached hydrogens (tertiary/aromatic N) is 1. The smallest absolute Gasteiger partial charge is 0.246 e. The van der Waals surface area contributed by atoms with Crippen molar-refractivity contribution in [2.75, 3.05) is 16.8 Å². The van der Waals surface area contributed by atoms with E-state index < -0.39 is 5.82 Å². The van der Waals surface area contributed by atoms with Crippen molar-refractivity contribution in [1.29, 1.82) is 0 Å². The van der Waals surface area contributed by atoms with Crippen molar-refractivity contribution in [3.05, 3.63) is 58.9 Å². The number of para-hydroxylation sites is 1. The van der Waals surface area contributed by atoms with Crippen LogP contribution >= 0.6 is 11.6 Å². The minimum Gasteiger partial charge on any atom is -0.376 e. The highest BCUT2D eigenvalue weighted by Gasteiger charge is 2.30. The molecule has 3 nitrogen and oxygen atoms in total. The lowest BCUT2D eigenvalue weighted by Gasteiger charge is -2.23. The van der Waals surface area contributed by atoms with Crippen molar-refractivity contribution in [2.45, 2.75) is 19.4 Å². The number of hydrogen-bond donors (Lipinski definition) is 1. The number of nitrogens with one attached hydrogen (secondary N) is 1. The number of fused-ring (bicyclic) bond motifs is 1. The van der Waals surface area contributed by atoms with Crippen molar-refractivity contribution in [3.8, 4) is 0 Å². The number of halogens is 2. The van der Waals surface area contributed by atoms with Gasteiger partial charge in [0.1, 0.15) is 5.82 Å². The van der Waals surface area contributed by atoms with Crippen LogP contribution in [-0.4, -0.2) is 18.5 Å². The fourth-order valence-electron chi connectivity index (χ4n) is 2.81. The average molecular weight is 319 g/mol. The topological polar surface area (TPSA) is 32.3 Å². The van der Waals surface area contributed by atoms with Crippen LogP contribution in [0.5, 0.6) is 0 Å². The molecule has 0 unspecified atom stereocenters. The molecular formula is C17H16ClFN2O. The summed E-state index contributed by atoms with van der Waals surface area (Å²) < 4.78 is 13.1. The Balaban J connectivity index is 1.71. The van der Waals surface area contributed by atoms with E-state index in [2.05, 4.69) is 5.32 Å². The first-order valence-electron chi connectivity index (χ1n) is 7.15. The van der Waals surface area contributed by atoms with Gasteiger partial charge in [-0.3, -0.25) is 4.79 Å². The van der Waals surface area contributed by atoms with Crippen LogP contribution in [0.3, 0.4) is 0 Å². The van der Waals surface area contributed by atoms with Crippen LogP contribution < -0.4 is 10.2 Å². The second-order valence-electron chi connectivity index (χ2n) is 5.43. The van der Waals surface area contributed by atoms with Gasteiger partial charge in [-0.25, -0.2) is 4.39 Å². The van der Waals surface area contributed by atoms with Gasteiger partial charge in [0.15, 0.2) is 0 Å². The molecule has 0 saturated carbocycles. The summed E-state index contributed by atoms with van der Waals surface area (Å²) in [6.07, 6.45) is 0.865. The Morgan fingerprint density at radius 1 is 1.36 bits per heavy atom. The van der Waals surface area contributed by atoms with E-state index in [-0.39, 0.29) is 23.5 Å². The first-order valence-corrected chi connectivity index (χ1v) is 7.53. The maximum absolute atomic E-state index is 13.1. The predicted octanol–water partition coefficient (Wildman–Crippen LogP) is 3.87. The molecule has 1 atom stereocenters. The summed E-state index contributed by atoms with van der Waals surface area (Å²) in [4.78, 5) is 14.3. The van der Waals surface area contributed by atoms with Crippen molar-refractivity contribution < 1.29 is 9.18 Å². The van der Waals surface area contributed by atoms with Crippen LogP contribution in [0.4, 0.5) is 15.8 Å². The largest absolute Gasteiger partial charge is 0.376 e. The lowest BCUT2D eigenvalue weighted by Crippen LogP contribution is -2.39. The molecule has 1 N–H and O–H groups in total. The van der Waals surface area contributed by atoms with E-state index in [0.717, 1.165) is 12.1 Å². The molecule has 0 fully saturated rings. The number of carbonyl (C=O) groups is 1. The van der Waals surface area contributed by atoms with Gasteiger partial charge in [-0.05, 0) is 43.2 Å². The molecule has 0 aliphatic carbocycles. The zero-order valence-electron chi connectivity index (χ0n) is 12.1. The van der Waals surface area contributed by atoms with E-state index in [4.69, 9.17) is 11.6 Å². The summed E-state index contributed by atoms with van der Waals surface area (Å²) in [6.45, 7) is 2.17. The second kappa shape index (κ2) is 5.97. The summed E-state index contributed by atoms with van der Waals surface area (Å²) in [5, 5.41) is 3.04. The number of carbonyl (C=O) groups excluding carboxylic acids is 1. The highest BCUT2D eigenvalue weighted by Crippen LogP contribution is 2.31. The molecule has 0 radical (unpaired) electrons. The summed E-state index contributed by atoms with van der Waals surface area (Å²) in [5.41, 5.74) is 2.78. The zero-order valence-corrected chi connectivity index (χ0v) is 12.9. The minimum atomic E-state index is -0.472. The molecule has 0 aromatic heterocycles. The molecule has 5 heteroatoms. The highest BCUT2D eigenvalue weighted by atomic mass is 35.5. The fourth-order valence-corrected chi connectivity index (χ4v) is 3.00. The minimum absolute atomic E-state index is 0.0158. The highest BCUT2D eigenvalue weighted by molar-refractivity contribution is 6.31. The molecule has 1 heterocycles. The van der Waals surface area contributed by atoms with Gasteiger partial charge in [0.25, 0.3) is 0 Å². The first-order chi connectivity index (χ1) is 10.6. The van der Waals surface area contributed by atoms with Crippen LogP contribution in [0.25, 0.3) is 0 Å².